The highest BCUT2D eigenvalue weighted by Gasteiger charge is 2.28. The summed E-state index contributed by atoms with van der Waals surface area (Å²) in [6, 6.07) is 0. The van der Waals surface area contributed by atoms with E-state index in [2.05, 4.69) is 26.5 Å². The van der Waals surface area contributed by atoms with Crippen LogP contribution in [0, 0.1) is 5.41 Å². The minimum absolute atomic E-state index is 0.431. The zero-order valence-corrected chi connectivity index (χ0v) is 7.86. The van der Waals surface area contributed by atoms with Crippen molar-refractivity contribution >= 4 is 5.97 Å². The maximum Gasteiger partial charge on any atom is 0.430 e. The van der Waals surface area contributed by atoms with E-state index >= 15 is 0 Å². The third kappa shape index (κ3) is 14.1. The average molecular weight is 201 g/mol. The largest absolute Gasteiger partial charge is 0.542 e. The van der Waals surface area contributed by atoms with Gasteiger partial charge in [0.25, 0.3) is 0 Å². The van der Waals surface area contributed by atoms with E-state index in [0.717, 1.165) is 6.54 Å². The summed E-state index contributed by atoms with van der Waals surface area (Å²) in [6.45, 7) is 7.56. The molecule has 0 fully saturated rings. The van der Waals surface area contributed by atoms with Crippen LogP contribution in [0.3, 0.4) is 0 Å². The summed E-state index contributed by atoms with van der Waals surface area (Å²) in [5, 5.41) is 8.78. The van der Waals surface area contributed by atoms with E-state index in [1.165, 1.54) is 0 Å². The maximum atomic E-state index is 10.5. The van der Waals surface area contributed by atoms with Gasteiger partial charge in [-0.15, -0.1) is 0 Å². The number of aliphatic carboxylic acids is 1. The van der Waals surface area contributed by atoms with Gasteiger partial charge in [0.2, 0.25) is 0 Å². The van der Waals surface area contributed by atoms with Crippen LogP contribution < -0.4 is 10.8 Å². The van der Waals surface area contributed by atoms with Crippen LogP contribution >= 0.6 is 0 Å². The second-order valence-corrected chi connectivity index (χ2v) is 3.60. The Hall–Kier alpha value is -0.780. The molecule has 0 spiro atoms. The molecule has 0 saturated carbocycles. The van der Waals surface area contributed by atoms with Gasteiger partial charge in [-0.05, 0) is 0 Å². The third-order valence-corrected chi connectivity index (χ3v) is 0.981. The number of quaternary nitrogens is 1. The van der Waals surface area contributed by atoms with Crippen molar-refractivity contribution in [1.29, 1.82) is 0 Å². The summed E-state index contributed by atoms with van der Waals surface area (Å²) in [5.74, 6) is -3.01. The number of halogens is 3. The second kappa shape index (κ2) is 5.06. The van der Waals surface area contributed by atoms with E-state index in [0.29, 0.717) is 5.41 Å². The van der Waals surface area contributed by atoms with Crippen LogP contribution in [0.5, 0.6) is 0 Å². The quantitative estimate of drug-likeness (QED) is 0.578. The molecule has 6 heteroatoms. The van der Waals surface area contributed by atoms with E-state index < -0.39 is 12.1 Å². The lowest BCUT2D eigenvalue weighted by atomic mass is 9.98. The number of rotatable bonds is 0. The molecule has 0 rings (SSSR count). The fourth-order valence-electron chi connectivity index (χ4n) is 0. The number of carbonyl (C=O) groups is 1. The average Bonchev–Trinajstić information content (AvgIpc) is 1.85. The Labute approximate surface area is 74.7 Å². The zero-order valence-electron chi connectivity index (χ0n) is 7.86. The zero-order chi connectivity index (χ0) is 11.3. The van der Waals surface area contributed by atoms with E-state index in [4.69, 9.17) is 9.90 Å². The topological polar surface area (TPSA) is 67.8 Å². The van der Waals surface area contributed by atoms with Crippen molar-refractivity contribution in [3.05, 3.63) is 0 Å². The highest BCUT2D eigenvalue weighted by atomic mass is 19.4. The van der Waals surface area contributed by atoms with Gasteiger partial charge in [-0.25, -0.2) is 0 Å². The highest BCUT2D eigenvalue weighted by molar-refractivity contribution is 5.70. The molecule has 0 heterocycles. The molecular weight excluding hydrogens is 187 g/mol. The number of carboxylic acid groups (broad SMARTS) is 1. The molecule has 0 aliphatic carbocycles. The summed E-state index contributed by atoms with van der Waals surface area (Å²) in [6.07, 6.45) is -5.19. The monoisotopic (exact) mass is 201 g/mol. The smallest absolute Gasteiger partial charge is 0.430 e. The van der Waals surface area contributed by atoms with E-state index in [1.807, 2.05) is 0 Å². The standard InChI is InChI=1S/C5H13N.C2HF3O2/c1-5(2,3)4-6;3-2(4,5)1(6)7/h4,6H2,1-3H3;(H,6,7). The number of hydrogen-bond acceptors (Lipinski definition) is 2. The Bertz CT molecular complexity index is 160. The molecular formula is C7H14F3NO2. The first-order valence-electron chi connectivity index (χ1n) is 3.58. The van der Waals surface area contributed by atoms with Crippen LogP contribution in [0.4, 0.5) is 13.2 Å². The van der Waals surface area contributed by atoms with Gasteiger partial charge in [0.05, 0.1) is 6.54 Å². The van der Waals surface area contributed by atoms with E-state index in [1.54, 1.807) is 0 Å². The fraction of sp³-hybridized carbons (Fsp3) is 0.857. The van der Waals surface area contributed by atoms with Gasteiger partial charge in [-0.2, -0.15) is 13.2 Å². The molecule has 80 valence electrons. The van der Waals surface area contributed by atoms with Crippen molar-refractivity contribution in [3.63, 3.8) is 0 Å². The minimum Gasteiger partial charge on any atom is -0.542 e. The van der Waals surface area contributed by atoms with Crippen molar-refractivity contribution in [3.8, 4) is 0 Å². The Balaban J connectivity index is 0. The van der Waals surface area contributed by atoms with Crippen LogP contribution in [0.1, 0.15) is 20.8 Å². The van der Waals surface area contributed by atoms with Gasteiger partial charge in [-0.1, -0.05) is 20.8 Å². The van der Waals surface area contributed by atoms with Gasteiger partial charge in [-0.3, -0.25) is 0 Å². The lowest BCUT2D eigenvalue weighted by Crippen LogP contribution is -2.55. The third-order valence-electron chi connectivity index (χ3n) is 0.981. The molecule has 0 aliphatic rings. The highest BCUT2D eigenvalue weighted by Crippen LogP contribution is 2.11. The summed E-state index contributed by atoms with van der Waals surface area (Å²) < 4.78 is 31.5. The molecule has 0 aliphatic heterocycles. The van der Waals surface area contributed by atoms with Crippen molar-refractivity contribution in [2.24, 2.45) is 5.41 Å². The van der Waals surface area contributed by atoms with Gasteiger partial charge in [0.1, 0.15) is 5.97 Å². The number of carboxylic acids is 1. The second-order valence-electron chi connectivity index (χ2n) is 3.60. The van der Waals surface area contributed by atoms with Crippen LogP contribution in [-0.4, -0.2) is 18.7 Å². The van der Waals surface area contributed by atoms with Gasteiger partial charge >= 0.3 is 6.18 Å². The molecule has 0 aromatic rings. The summed E-state index contributed by atoms with van der Waals surface area (Å²) in [7, 11) is 0. The molecule has 0 saturated heterocycles. The Morgan fingerprint density at radius 1 is 1.31 bits per heavy atom. The molecule has 0 radical (unpaired) electrons. The predicted octanol–water partition coefficient (Wildman–Crippen LogP) is -0.427. The SMILES string of the molecule is CC(C)(C)C[NH3+].O=C([O-])C(F)(F)F. The molecule has 0 aromatic carbocycles. The normalized spacial score (nSPS) is 11.6. The molecule has 0 aromatic heterocycles. The predicted molar refractivity (Wildman–Crippen MR) is 38.3 cm³/mol. The first kappa shape index (κ1) is 14.7. The molecule has 3 nitrogen and oxygen atoms in total. The molecule has 0 amide bonds. The lowest BCUT2D eigenvalue weighted by molar-refractivity contribution is -0.387. The first-order chi connectivity index (χ1) is 5.50. The van der Waals surface area contributed by atoms with Crippen molar-refractivity contribution in [2.45, 2.75) is 26.9 Å². The molecule has 0 unspecified atom stereocenters. The Morgan fingerprint density at radius 3 is 1.46 bits per heavy atom. The summed E-state index contributed by atoms with van der Waals surface area (Å²) in [4.78, 5) is 8.78. The maximum absolute atomic E-state index is 10.5. The summed E-state index contributed by atoms with van der Waals surface area (Å²) >= 11 is 0. The molecule has 0 atom stereocenters. The molecule has 0 bridgehead atoms. The Kier molecular flexibility index (Phi) is 5.73. The van der Waals surface area contributed by atoms with Crippen molar-refractivity contribution in [1.82, 2.24) is 0 Å². The minimum atomic E-state index is -5.19. The van der Waals surface area contributed by atoms with Gasteiger partial charge in [0.15, 0.2) is 0 Å². The van der Waals surface area contributed by atoms with Crippen LogP contribution in [0.2, 0.25) is 0 Å². The van der Waals surface area contributed by atoms with Crippen LogP contribution in [0.15, 0.2) is 0 Å². The number of hydrogen-bond donors (Lipinski definition) is 1. The number of alkyl halides is 3. The van der Waals surface area contributed by atoms with Crippen molar-refractivity contribution in [2.75, 3.05) is 6.54 Å². The van der Waals surface area contributed by atoms with E-state index in [9.17, 15) is 13.2 Å². The van der Waals surface area contributed by atoms with Crippen LogP contribution in [-0.2, 0) is 4.79 Å². The molecule has 13 heavy (non-hydrogen) atoms. The Morgan fingerprint density at radius 2 is 1.46 bits per heavy atom. The van der Waals surface area contributed by atoms with Gasteiger partial charge < -0.3 is 15.6 Å². The van der Waals surface area contributed by atoms with Crippen molar-refractivity contribution < 1.29 is 28.8 Å². The molecule has 3 N–H and O–H groups in total. The summed E-state index contributed by atoms with van der Waals surface area (Å²) in [5.41, 5.74) is 4.19. The van der Waals surface area contributed by atoms with Crippen LogP contribution in [0.25, 0.3) is 0 Å². The number of carbonyl (C=O) groups excluding carboxylic acids is 1. The van der Waals surface area contributed by atoms with Gasteiger partial charge in [0, 0.05) is 5.41 Å². The first-order valence-corrected chi connectivity index (χ1v) is 3.58. The van der Waals surface area contributed by atoms with E-state index in [-0.39, 0.29) is 0 Å². The fourth-order valence-corrected chi connectivity index (χ4v) is 0. The lowest BCUT2D eigenvalue weighted by Gasteiger charge is -2.09.